The molecule has 100 valence electrons. The lowest BCUT2D eigenvalue weighted by Crippen LogP contribution is -2.22. The third kappa shape index (κ3) is 1.82. The van der Waals surface area contributed by atoms with Gasteiger partial charge < -0.3 is 4.90 Å². The fraction of sp³-hybridized carbons (Fsp3) is 0.267. The van der Waals surface area contributed by atoms with Crippen LogP contribution in [0.5, 0.6) is 0 Å². The van der Waals surface area contributed by atoms with Crippen molar-refractivity contribution in [3.8, 4) is 0 Å². The summed E-state index contributed by atoms with van der Waals surface area (Å²) >= 11 is 0. The smallest absolute Gasteiger partial charge is 0.159 e. The molecular formula is C15H15N5. The number of rotatable bonds is 2. The largest absolute Gasteiger partial charge is 0.352 e. The Labute approximate surface area is 116 Å². The Kier molecular flexibility index (Phi) is 2.62. The lowest BCUT2D eigenvalue weighted by Gasteiger charge is -2.18. The summed E-state index contributed by atoms with van der Waals surface area (Å²) in [5, 5.41) is 15.1. The zero-order chi connectivity index (χ0) is 13.4. The van der Waals surface area contributed by atoms with E-state index in [0.717, 1.165) is 30.7 Å². The molecule has 3 heterocycles. The van der Waals surface area contributed by atoms with Gasteiger partial charge in [-0.3, -0.25) is 4.68 Å². The van der Waals surface area contributed by atoms with Crippen LogP contribution in [0, 0.1) is 0 Å². The van der Waals surface area contributed by atoms with Crippen molar-refractivity contribution in [2.75, 3.05) is 18.0 Å². The minimum absolute atomic E-state index is 0.422. The van der Waals surface area contributed by atoms with Crippen LogP contribution in [0.4, 0.5) is 5.82 Å². The molecule has 20 heavy (non-hydrogen) atoms. The molecule has 4 rings (SSSR count). The van der Waals surface area contributed by atoms with Crippen LogP contribution >= 0.6 is 0 Å². The van der Waals surface area contributed by atoms with Crippen LogP contribution in [0.15, 0.2) is 48.9 Å². The summed E-state index contributed by atoms with van der Waals surface area (Å²) in [5.74, 6) is 0.984. The molecule has 0 bridgehead atoms. The first kappa shape index (κ1) is 11.4. The molecule has 1 aromatic carbocycles. The molecule has 1 fully saturated rings. The van der Waals surface area contributed by atoms with E-state index in [1.54, 1.807) is 0 Å². The average molecular weight is 265 g/mol. The number of hydrogen-bond donors (Lipinski definition) is 0. The predicted octanol–water partition coefficient (Wildman–Crippen LogP) is 2.28. The van der Waals surface area contributed by atoms with Crippen molar-refractivity contribution < 1.29 is 0 Å². The number of anilines is 1. The number of nitrogens with zero attached hydrogens (tertiary/aromatic N) is 5. The minimum atomic E-state index is 0.422. The fourth-order valence-corrected chi connectivity index (χ4v) is 2.89. The van der Waals surface area contributed by atoms with Crippen molar-refractivity contribution >= 4 is 16.6 Å². The first-order chi connectivity index (χ1) is 9.92. The van der Waals surface area contributed by atoms with Gasteiger partial charge in [-0.05, 0) is 12.5 Å². The Morgan fingerprint density at radius 2 is 2.10 bits per heavy atom. The minimum Gasteiger partial charge on any atom is -0.352 e. The molecule has 0 saturated carbocycles. The maximum absolute atomic E-state index is 4.35. The van der Waals surface area contributed by atoms with Crippen LogP contribution < -0.4 is 4.90 Å². The summed E-state index contributed by atoms with van der Waals surface area (Å²) in [5.41, 5.74) is 0. The maximum Gasteiger partial charge on any atom is 0.159 e. The molecule has 0 N–H and O–H groups in total. The molecular weight excluding hydrogens is 250 g/mol. The topological polar surface area (TPSA) is 46.8 Å². The molecule has 3 aromatic rings. The second-order valence-corrected chi connectivity index (χ2v) is 5.13. The van der Waals surface area contributed by atoms with Gasteiger partial charge >= 0.3 is 0 Å². The molecule has 0 spiro atoms. The second-order valence-electron chi connectivity index (χ2n) is 5.13. The van der Waals surface area contributed by atoms with E-state index in [-0.39, 0.29) is 0 Å². The average Bonchev–Trinajstić information content (AvgIpc) is 3.17. The number of fused-ring (bicyclic) bond motifs is 1. The third-order valence-corrected chi connectivity index (χ3v) is 3.91. The first-order valence-corrected chi connectivity index (χ1v) is 6.86. The molecule has 1 aliphatic heterocycles. The van der Waals surface area contributed by atoms with Crippen LogP contribution in [0.3, 0.4) is 0 Å². The molecule has 1 saturated heterocycles. The fourth-order valence-electron chi connectivity index (χ4n) is 2.89. The summed E-state index contributed by atoms with van der Waals surface area (Å²) in [6.07, 6.45) is 6.77. The Bertz CT molecular complexity index is 717. The summed E-state index contributed by atoms with van der Waals surface area (Å²) < 4.78 is 2.04. The van der Waals surface area contributed by atoms with Gasteiger partial charge in [0.2, 0.25) is 0 Å². The standard InChI is InChI=1S/C15H15N5/c1-2-5-14-12(4-1)10-16-18-15(14)19-9-6-13(11-19)20-8-3-7-17-20/h1-5,7-8,10,13H,6,9,11H2. The van der Waals surface area contributed by atoms with Crippen LogP contribution in [-0.4, -0.2) is 33.1 Å². The van der Waals surface area contributed by atoms with E-state index in [4.69, 9.17) is 0 Å². The van der Waals surface area contributed by atoms with Crippen LogP contribution in [0.1, 0.15) is 12.5 Å². The highest BCUT2D eigenvalue weighted by Gasteiger charge is 2.26. The quantitative estimate of drug-likeness (QED) is 0.713. The first-order valence-electron chi connectivity index (χ1n) is 6.86. The van der Waals surface area contributed by atoms with Crippen molar-refractivity contribution in [1.82, 2.24) is 20.0 Å². The summed E-state index contributed by atoms with van der Waals surface area (Å²) in [7, 11) is 0. The number of aromatic nitrogens is 4. The molecule has 1 unspecified atom stereocenters. The molecule has 1 aliphatic rings. The van der Waals surface area contributed by atoms with Crippen molar-refractivity contribution in [3.05, 3.63) is 48.9 Å². The highest BCUT2D eigenvalue weighted by atomic mass is 15.3. The summed E-state index contributed by atoms with van der Waals surface area (Å²) in [6.45, 7) is 1.93. The van der Waals surface area contributed by atoms with E-state index in [1.807, 2.05) is 35.4 Å². The zero-order valence-electron chi connectivity index (χ0n) is 11.1. The van der Waals surface area contributed by atoms with Crippen molar-refractivity contribution in [3.63, 3.8) is 0 Å². The highest BCUT2D eigenvalue weighted by molar-refractivity contribution is 5.91. The Morgan fingerprint density at radius 3 is 3.00 bits per heavy atom. The van der Waals surface area contributed by atoms with Crippen molar-refractivity contribution in [2.45, 2.75) is 12.5 Å². The lowest BCUT2D eigenvalue weighted by molar-refractivity contribution is 0.494. The zero-order valence-corrected chi connectivity index (χ0v) is 11.1. The predicted molar refractivity (Wildman–Crippen MR) is 77.6 cm³/mol. The van der Waals surface area contributed by atoms with Crippen LogP contribution in [0.2, 0.25) is 0 Å². The van der Waals surface area contributed by atoms with Gasteiger partial charge in [-0.25, -0.2) is 0 Å². The van der Waals surface area contributed by atoms with Gasteiger partial charge in [0.1, 0.15) is 0 Å². The highest BCUT2D eigenvalue weighted by Crippen LogP contribution is 2.29. The van der Waals surface area contributed by atoms with E-state index < -0.39 is 0 Å². The Hall–Kier alpha value is -2.43. The second kappa shape index (κ2) is 4.59. The van der Waals surface area contributed by atoms with Crippen molar-refractivity contribution in [1.29, 1.82) is 0 Å². The normalized spacial score (nSPS) is 18.8. The maximum atomic E-state index is 4.35. The lowest BCUT2D eigenvalue weighted by atomic mass is 10.2. The molecule has 1 atom stereocenters. The van der Waals surface area contributed by atoms with Gasteiger partial charge in [-0.1, -0.05) is 24.3 Å². The van der Waals surface area contributed by atoms with Gasteiger partial charge in [0, 0.05) is 36.3 Å². The molecule has 0 radical (unpaired) electrons. The summed E-state index contributed by atoms with van der Waals surface area (Å²) in [6, 6.07) is 10.7. The van der Waals surface area contributed by atoms with Crippen molar-refractivity contribution in [2.24, 2.45) is 0 Å². The Morgan fingerprint density at radius 1 is 1.15 bits per heavy atom. The van der Waals surface area contributed by atoms with Gasteiger partial charge in [-0.2, -0.15) is 10.2 Å². The summed E-state index contributed by atoms with van der Waals surface area (Å²) in [4.78, 5) is 2.31. The van der Waals surface area contributed by atoms with E-state index in [0.29, 0.717) is 6.04 Å². The van der Waals surface area contributed by atoms with E-state index in [1.165, 1.54) is 5.39 Å². The van der Waals surface area contributed by atoms with Gasteiger partial charge in [0.15, 0.2) is 5.82 Å². The van der Waals surface area contributed by atoms with Crippen LogP contribution in [0.25, 0.3) is 10.8 Å². The molecule has 5 heteroatoms. The van der Waals surface area contributed by atoms with Gasteiger partial charge in [0.05, 0.1) is 12.2 Å². The SMILES string of the molecule is c1ccc2c(N3CCC(n4cccn4)C3)nncc2c1. The van der Waals surface area contributed by atoms with E-state index in [2.05, 4.69) is 38.4 Å². The molecule has 2 aromatic heterocycles. The van der Waals surface area contributed by atoms with E-state index in [9.17, 15) is 0 Å². The molecule has 0 amide bonds. The molecule has 5 nitrogen and oxygen atoms in total. The van der Waals surface area contributed by atoms with Gasteiger partial charge in [0.25, 0.3) is 0 Å². The number of hydrogen-bond acceptors (Lipinski definition) is 4. The van der Waals surface area contributed by atoms with Crippen LogP contribution in [-0.2, 0) is 0 Å². The Balaban J connectivity index is 1.68. The van der Waals surface area contributed by atoms with Gasteiger partial charge in [-0.15, -0.1) is 5.10 Å². The number of benzene rings is 1. The molecule has 0 aliphatic carbocycles. The van der Waals surface area contributed by atoms with E-state index >= 15 is 0 Å². The third-order valence-electron chi connectivity index (χ3n) is 3.91. The monoisotopic (exact) mass is 265 g/mol.